The first-order valence-corrected chi connectivity index (χ1v) is 6.29. The van der Waals surface area contributed by atoms with Crippen molar-refractivity contribution >= 4 is 11.4 Å². The Morgan fingerprint density at radius 1 is 1.50 bits per heavy atom. The molecule has 0 saturated heterocycles. The Morgan fingerprint density at radius 3 is 2.94 bits per heavy atom. The van der Waals surface area contributed by atoms with E-state index >= 15 is 0 Å². The third-order valence-corrected chi connectivity index (χ3v) is 3.41. The molecule has 1 heterocycles. The Morgan fingerprint density at radius 2 is 2.28 bits per heavy atom. The summed E-state index contributed by atoms with van der Waals surface area (Å²) in [6, 6.07) is 8.03. The Bertz CT molecular complexity index is 473. The Labute approximate surface area is 109 Å². The number of benzene rings is 1. The number of hydrogen-bond acceptors (Lipinski definition) is 4. The molecule has 0 saturated carbocycles. The highest BCUT2D eigenvalue weighted by atomic mass is 15.3. The molecule has 0 spiro atoms. The molecule has 1 aromatic carbocycles. The predicted molar refractivity (Wildman–Crippen MR) is 75.0 cm³/mol. The molecule has 4 nitrogen and oxygen atoms in total. The summed E-state index contributed by atoms with van der Waals surface area (Å²) >= 11 is 0. The van der Waals surface area contributed by atoms with E-state index in [1.54, 1.807) is 0 Å². The average Bonchev–Trinajstić information content (AvgIpc) is 2.37. The molecular formula is C14H20N4. The Kier molecular flexibility index (Phi) is 3.44. The van der Waals surface area contributed by atoms with Crippen LogP contribution in [0.1, 0.15) is 19.4 Å². The van der Waals surface area contributed by atoms with Crippen molar-refractivity contribution in [3.8, 4) is 6.07 Å². The van der Waals surface area contributed by atoms with Gasteiger partial charge in [-0.05, 0) is 39.1 Å². The minimum atomic E-state index is 0.0553. The number of rotatable bonds is 3. The maximum atomic E-state index is 8.95. The van der Waals surface area contributed by atoms with E-state index in [0.717, 1.165) is 25.3 Å². The lowest BCUT2D eigenvalue weighted by molar-refractivity contribution is 0.440. The number of hydrogen-bond donors (Lipinski definition) is 2. The van der Waals surface area contributed by atoms with E-state index < -0.39 is 0 Å². The van der Waals surface area contributed by atoms with Gasteiger partial charge in [0, 0.05) is 25.2 Å². The molecule has 0 bridgehead atoms. The molecule has 2 rings (SSSR count). The van der Waals surface area contributed by atoms with Crippen molar-refractivity contribution < 1.29 is 0 Å². The van der Waals surface area contributed by atoms with Gasteiger partial charge >= 0.3 is 0 Å². The van der Waals surface area contributed by atoms with Crippen LogP contribution in [0.4, 0.5) is 11.4 Å². The summed E-state index contributed by atoms with van der Waals surface area (Å²) in [6.45, 7) is 7.28. The van der Waals surface area contributed by atoms with Crippen molar-refractivity contribution in [2.45, 2.75) is 19.4 Å². The fraction of sp³-hybridized carbons (Fsp3) is 0.500. The molecule has 1 aliphatic heterocycles. The third-order valence-electron chi connectivity index (χ3n) is 3.41. The third kappa shape index (κ3) is 2.27. The molecule has 4 heteroatoms. The zero-order valence-electron chi connectivity index (χ0n) is 11.2. The minimum absolute atomic E-state index is 0.0553. The lowest BCUT2D eigenvalue weighted by Crippen LogP contribution is -2.53. The van der Waals surface area contributed by atoms with Gasteiger partial charge in [0.1, 0.15) is 0 Å². The SMILES string of the molecule is CNCC(C)(C)N1CCNc2cc(C#N)ccc21. The van der Waals surface area contributed by atoms with Crippen LogP contribution in [0.2, 0.25) is 0 Å². The van der Waals surface area contributed by atoms with Gasteiger partial charge in [-0.15, -0.1) is 0 Å². The van der Waals surface area contributed by atoms with Gasteiger partial charge in [-0.1, -0.05) is 0 Å². The standard InChI is InChI=1S/C14H20N4/c1-14(2,10-16-3)18-7-6-17-12-8-11(9-15)4-5-13(12)18/h4-5,8,16-17H,6-7,10H2,1-3H3. The summed E-state index contributed by atoms with van der Waals surface area (Å²) in [4.78, 5) is 2.40. The first-order chi connectivity index (χ1) is 8.58. The highest BCUT2D eigenvalue weighted by molar-refractivity contribution is 5.74. The van der Waals surface area contributed by atoms with E-state index in [2.05, 4.69) is 35.5 Å². The first-order valence-electron chi connectivity index (χ1n) is 6.29. The van der Waals surface area contributed by atoms with Crippen LogP contribution in [0.5, 0.6) is 0 Å². The van der Waals surface area contributed by atoms with Gasteiger partial charge < -0.3 is 15.5 Å². The highest BCUT2D eigenvalue weighted by Gasteiger charge is 2.29. The fourth-order valence-corrected chi connectivity index (χ4v) is 2.56. The maximum absolute atomic E-state index is 8.95. The van der Waals surface area contributed by atoms with Crippen LogP contribution in [0.15, 0.2) is 18.2 Å². The molecule has 1 aliphatic rings. The van der Waals surface area contributed by atoms with Gasteiger partial charge in [-0.25, -0.2) is 0 Å². The second kappa shape index (κ2) is 4.87. The highest BCUT2D eigenvalue weighted by Crippen LogP contribution is 2.34. The predicted octanol–water partition coefficient (Wildman–Crippen LogP) is 1.79. The van der Waals surface area contributed by atoms with Crippen molar-refractivity contribution in [1.82, 2.24) is 5.32 Å². The maximum Gasteiger partial charge on any atom is 0.0992 e. The minimum Gasteiger partial charge on any atom is -0.382 e. The summed E-state index contributed by atoms with van der Waals surface area (Å²) in [7, 11) is 1.98. The molecule has 0 aromatic heterocycles. The Balaban J connectivity index is 2.37. The molecule has 96 valence electrons. The molecule has 18 heavy (non-hydrogen) atoms. The summed E-state index contributed by atoms with van der Waals surface area (Å²) in [5.41, 5.74) is 3.00. The number of nitrogens with one attached hydrogen (secondary N) is 2. The first kappa shape index (κ1) is 12.7. The van der Waals surface area contributed by atoms with Crippen LogP contribution in [0.25, 0.3) is 0 Å². The molecule has 0 aliphatic carbocycles. The summed E-state index contributed by atoms with van der Waals surface area (Å²) < 4.78 is 0. The number of nitrogens with zero attached hydrogens (tertiary/aromatic N) is 2. The van der Waals surface area contributed by atoms with Crippen molar-refractivity contribution in [2.75, 3.05) is 36.9 Å². The largest absolute Gasteiger partial charge is 0.382 e. The van der Waals surface area contributed by atoms with Crippen LogP contribution in [-0.4, -0.2) is 32.2 Å². The zero-order valence-corrected chi connectivity index (χ0v) is 11.2. The monoisotopic (exact) mass is 244 g/mol. The zero-order chi connectivity index (χ0) is 13.2. The quantitative estimate of drug-likeness (QED) is 0.851. The van der Waals surface area contributed by atoms with Crippen LogP contribution in [0.3, 0.4) is 0 Å². The molecule has 1 aromatic rings. The van der Waals surface area contributed by atoms with E-state index in [1.165, 1.54) is 5.69 Å². The lowest BCUT2D eigenvalue weighted by Gasteiger charge is -2.44. The molecule has 0 unspecified atom stereocenters. The topological polar surface area (TPSA) is 51.1 Å². The van der Waals surface area contributed by atoms with Crippen molar-refractivity contribution in [1.29, 1.82) is 5.26 Å². The normalized spacial score (nSPS) is 14.7. The summed E-state index contributed by atoms with van der Waals surface area (Å²) in [5.74, 6) is 0. The van der Waals surface area contributed by atoms with Gasteiger partial charge in [0.2, 0.25) is 0 Å². The molecule has 2 N–H and O–H groups in total. The van der Waals surface area contributed by atoms with Gasteiger partial charge in [0.05, 0.1) is 23.0 Å². The van der Waals surface area contributed by atoms with Crippen LogP contribution in [0, 0.1) is 11.3 Å². The Hall–Kier alpha value is -1.73. The molecular weight excluding hydrogens is 224 g/mol. The van der Waals surface area contributed by atoms with E-state index in [9.17, 15) is 0 Å². The van der Waals surface area contributed by atoms with E-state index in [-0.39, 0.29) is 5.54 Å². The smallest absolute Gasteiger partial charge is 0.0992 e. The van der Waals surface area contributed by atoms with Gasteiger partial charge in [-0.2, -0.15) is 5.26 Å². The van der Waals surface area contributed by atoms with Gasteiger partial charge in [0.15, 0.2) is 0 Å². The molecule has 0 amide bonds. The number of fused-ring (bicyclic) bond motifs is 1. The molecule has 0 fully saturated rings. The van der Waals surface area contributed by atoms with Gasteiger partial charge in [-0.3, -0.25) is 0 Å². The number of likely N-dealkylation sites (N-methyl/N-ethyl adjacent to an activating group) is 1. The summed E-state index contributed by atoms with van der Waals surface area (Å²) in [5, 5.41) is 15.6. The number of nitriles is 1. The molecule has 0 radical (unpaired) electrons. The summed E-state index contributed by atoms with van der Waals surface area (Å²) in [6.07, 6.45) is 0. The van der Waals surface area contributed by atoms with Gasteiger partial charge in [0.25, 0.3) is 0 Å². The van der Waals surface area contributed by atoms with Crippen molar-refractivity contribution in [3.63, 3.8) is 0 Å². The van der Waals surface area contributed by atoms with Crippen LogP contribution in [-0.2, 0) is 0 Å². The second-order valence-corrected chi connectivity index (χ2v) is 5.26. The number of anilines is 2. The van der Waals surface area contributed by atoms with E-state index in [4.69, 9.17) is 5.26 Å². The average molecular weight is 244 g/mol. The van der Waals surface area contributed by atoms with Crippen molar-refractivity contribution in [2.24, 2.45) is 0 Å². The van der Waals surface area contributed by atoms with Crippen molar-refractivity contribution in [3.05, 3.63) is 23.8 Å². The lowest BCUT2D eigenvalue weighted by atomic mass is 9.99. The van der Waals surface area contributed by atoms with Crippen LogP contribution >= 0.6 is 0 Å². The van der Waals surface area contributed by atoms with Crippen LogP contribution < -0.4 is 15.5 Å². The molecule has 0 atom stereocenters. The fourth-order valence-electron chi connectivity index (χ4n) is 2.56. The van der Waals surface area contributed by atoms with E-state index in [0.29, 0.717) is 5.56 Å². The second-order valence-electron chi connectivity index (χ2n) is 5.26. The van der Waals surface area contributed by atoms with E-state index in [1.807, 2.05) is 25.2 Å².